The van der Waals surface area contributed by atoms with Crippen molar-refractivity contribution < 1.29 is 58.2 Å². The van der Waals surface area contributed by atoms with Crippen LogP contribution in [0.2, 0.25) is 0 Å². The Hall–Kier alpha value is -4.79. The number of carboxylic acids is 3. The molecule has 0 fully saturated rings. The Morgan fingerprint density at radius 1 is 0.660 bits per heavy atom. The third kappa shape index (κ3) is 12.9. The number of aliphatic carboxylic acids is 3. The van der Waals surface area contributed by atoms with Gasteiger partial charge in [-0.1, -0.05) is 48.5 Å². The third-order valence-electron chi connectivity index (χ3n) is 7.00. The molecule has 5 N–H and O–H groups in total. The lowest BCUT2D eigenvalue weighted by molar-refractivity contribution is -0.140. The van der Waals surface area contributed by atoms with Gasteiger partial charge in [-0.2, -0.15) is 0 Å². The van der Waals surface area contributed by atoms with E-state index in [0.29, 0.717) is 0 Å². The van der Waals surface area contributed by atoms with Crippen LogP contribution in [0, 0.1) is 0 Å². The maximum Gasteiger partial charge on any atom is 0.407 e. The van der Waals surface area contributed by atoms with Crippen molar-refractivity contribution in [3.05, 3.63) is 60.2 Å². The Kier molecular flexibility index (Phi) is 14.8. The molecule has 0 radical (unpaired) electrons. The first-order valence-corrected chi connectivity index (χ1v) is 15.1. The predicted molar refractivity (Wildman–Crippen MR) is 169 cm³/mol. The molecular weight excluding hydrogens is 616 g/mol. The first kappa shape index (κ1) is 36.7. The number of carboxylic acid groups (broad SMARTS) is 3. The van der Waals surface area contributed by atoms with Crippen LogP contribution in [0.5, 0.6) is 0 Å². The quantitative estimate of drug-likeness (QED) is 0.0780. The fraction of sp³-hybridized carbons (Fsp3) is 0.424. The van der Waals surface area contributed by atoms with Crippen LogP contribution in [0.3, 0.4) is 0 Å². The van der Waals surface area contributed by atoms with E-state index in [1.165, 1.54) is 0 Å². The topological polar surface area (TPSA) is 207 Å². The zero-order valence-corrected chi connectivity index (χ0v) is 25.9. The summed E-state index contributed by atoms with van der Waals surface area (Å²) in [6.45, 7) is -1.14. The zero-order chi connectivity index (χ0) is 34.1. The van der Waals surface area contributed by atoms with Crippen molar-refractivity contribution in [1.82, 2.24) is 10.6 Å². The molecule has 0 saturated heterocycles. The van der Waals surface area contributed by atoms with E-state index in [9.17, 15) is 24.0 Å². The highest BCUT2D eigenvalue weighted by atomic mass is 16.5. The Labute approximate surface area is 270 Å². The lowest BCUT2D eigenvalue weighted by Crippen LogP contribution is -2.58. The van der Waals surface area contributed by atoms with Gasteiger partial charge in [-0.15, -0.1) is 0 Å². The molecule has 0 unspecified atom stereocenters. The molecule has 0 spiro atoms. The van der Waals surface area contributed by atoms with Gasteiger partial charge in [0.15, 0.2) is 0 Å². The van der Waals surface area contributed by atoms with Crippen molar-refractivity contribution in [2.24, 2.45) is 0 Å². The molecule has 14 heteroatoms. The van der Waals surface area contributed by atoms with E-state index >= 15 is 0 Å². The molecule has 3 rings (SSSR count). The van der Waals surface area contributed by atoms with Gasteiger partial charge in [0, 0.05) is 18.5 Å². The second-order valence-electron chi connectivity index (χ2n) is 10.8. The second kappa shape index (κ2) is 19.0. The van der Waals surface area contributed by atoms with Gasteiger partial charge >= 0.3 is 24.0 Å². The number of carbonyl (C=O) groups excluding carboxylic acids is 2. The predicted octanol–water partition coefficient (Wildman–Crippen LogP) is 3.33. The molecule has 0 aromatic heterocycles. The molecule has 0 aliphatic heterocycles. The van der Waals surface area contributed by atoms with Gasteiger partial charge in [-0.05, 0) is 34.0 Å². The van der Waals surface area contributed by atoms with Crippen molar-refractivity contribution in [3.63, 3.8) is 0 Å². The molecule has 0 aliphatic rings. The van der Waals surface area contributed by atoms with Crippen LogP contribution >= 0.6 is 0 Å². The van der Waals surface area contributed by atoms with Gasteiger partial charge in [-0.25, -0.2) is 4.79 Å². The molecule has 3 aromatic carbocycles. The van der Waals surface area contributed by atoms with Crippen LogP contribution < -0.4 is 10.6 Å². The van der Waals surface area contributed by atoms with E-state index in [2.05, 4.69) is 16.7 Å². The van der Waals surface area contributed by atoms with E-state index in [1.54, 1.807) is 0 Å². The molecule has 0 aliphatic carbocycles. The number of ether oxygens (including phenoxy) is 4. The first-order chi connectivity index (χ1) is 22.6. The Morgan fingerprint density at radius 3 is 1.60 bits per heavy atom. The summed E-state index contributed by atoms with van der Waals surface area (Å²) in [7, 11) is 0. The van der Waals surface area contributed by atoms with E-state index in [4.69, 9.17) is 34.3 Å². The third-order valence-corrected chi connectivity index (χ3v) is 7.00. The molecule has 0 atom stereocenters. The monoisotopic (exact) mass is 656 g/mol. The van der Waals surface area contributed by atoms with E-state index in [-0.39, 0.29) is 84.9 Å². The number of rotatable bonds is 22. The van der Waals surface area contributed by atoms with E-state index in [1.807, 2.05) is 48.5 Å². The molecule has 14 nitrogen and oxygen atoms in total. The summed E-state index contributed by atoms with van der Waals surface area (Å²) in [5.41, 5.74) is -0.494. The summed E-state index contributed by atoms with van der Waals surface area (Å²) in [5, 5.41) is 36.2. The molecule has 254 valence electrons. The van der Waals surface area contributed by atoms with Crippen LogP contribution in [-0.2, 0) is 44.7 Å². The maximum absolute atomic E-state index is 13.0. The largest absolute Gasteiger partial charge is 0.481 e. The number of amides is 2. The number of nitrogens with one attached hydrogen (secondary N) is 2. The molecule has 0 saturated carbocycles. The van der Waals surface area contributed by atoms with E-state index in [0.717, 1.165) is 27.1 Å². The minimum Gasteiger partial charge on any atom is -0.481 e. The first-order valence-electron chi connectivity index (χ1n) is 15.1. The molecule has 47 heavy (non-hydrogen) atoms. The summed E-state index contributed by atoms with van der Waals surface area (Å²) < 4.78 is 22.0. The number of hydrogen-bond acceptors (Lipinski definition) is 9. The number of hydrogen-bond donors (Lipinski definition) is 5. The van der Waals surface area contributed by atoms with Gasteiger partial charge in [0.25, 0.3) is 0 Å². The number of fused-ring (bicyclic) bond motifs is 2. The summed E-state index contributed by atoms with van der Waals surface area (Å²) in [5.74, 6) is -3.75. The fourth-order valence-corrected chi connectivity index (χ4v) is 4.76. The van der Waals surface area contributed by atoms with Crippen molar-refractivity contribution in [2.75, 3.05) is 46.2 Å². The SMILES string of the molecule is O=C(O)CCOCC(COCCC(=O)O)(COCCC(=O)O)NC(=O)CCCNC(=O)OCc1c2ccccc2cc2ccccc12. The Morgan fingerprint density at radius 2 is 1.13 bits per heavy atom. The molecule has 0 heterocycles. The maximum atomic E-state index is 13.0. The average molecular weight is 657 g/mol. The Bertz CT molecular complexity index is 1420. The van der Waals surface area contributed by atoms with E-state index < -0.39 is 35.4 Å². The lowest BCUT2D eigenvalue weighted by Gasteiger charge is -2.34. The van der Waals surface area contributed by atoms with Crippen molar-refractivity contribution >= 4 is 51.5 Å². The minimum absolute atomic E-state index is 0.0440. The van der Waals surface area contributed by atoms with Crippen LogP contribution in [0.15, 0.2) is 54.6 Å². The van der Waals surface area contributed by atoms with Gasteiger partial charge in [0.1, 0.15) is 12.1 Å². The van der Waals surface area contributed by atoms with Crippen LogP contribution in [0.25, 0.3) is 21.5 Å². The molecule has 3 aromatic rings. The smallest absolute Gasteiger partial charge is 0.407 e. The Balaban J connectivity index is 1.55. The minimum atomic E-state index is -1.37. The molecule has 2 amide bonds. The lowest BCUT2D eigenvalue weighted by atomic mass is 9.97. The highest BCUT2D eigenvalue weighted by Crippen LogP contribution is 2.29. The zero-order valence-electron chi connectivity index (χ0n) is 25.9. The summed E-state index contributed by atoms with van der Waals surface area (Å²) in [6, 6.07) is 17.8. The summed E-state index contributed by atoms with van der Waals surface area (Å²) in [4.78, 5) is 58.3. The highest BCUT2D eigenvalue weighted by molar-refractivity contribution is 6.02. The van der Waals surface area contributed by atoms with Crippen LogP contribution in [0.4, 0.5) is 4.79 Å². The number of carbonyl (C=O) groups is 5. The standard InChI is InChI=1S/C33H40N2O12/c36-28(35-33(20-44-15-11-29(37)38,21-45-16-12-30(39)40)22-46-17-13-31(41)42)10-5-14-34-32(43)47-19-27-25-8-3-1-6-23(25)18-24-7-2-4-9-26(24)27/h1-4,6-9,18H,5,10-17,19-22H2,(H,34,43)(H,35,36)(H,37,38)(H,39,40)(H,41,42). The van der Waals surface area contributed by atoms with Crippen molar-refractivity contribution in [3.8, 4) is 0 Å². The van der Waals surface area contributed by atoms with Crippen molar-refractivity contribution in [1.29, 1.82) is 0 Å². The normalized spacial score (nSPS) is 11.3. The van der Waals surface area contributed by atoms with Crippen LogP contribution in [0.1, 0.15) is 37.7 Å². The van der Waals surface area contributed by atoms with Gasteiger partial charge in [0.2, 0.25) is 5.91 Å². The van der Waals surface area contributed by atoms with Crippen LogP contribution in [-0.4, -0.2) is 97.0 Å². The highest BCUT2D eigenvalue weighted by Gasteiger charge is 2.34. The number of alkyl carbamates (subject to hydrolysis) is 1. The van der Waals surface area contributed by atoms with Gasteiger partial charge in [-0.3, -0.25) is 19.2 Å². The van der Waals surface area contributed by atoms with Crippen molar-refractivity contribution in [2.45, 2.75) is 44.2 Å². The summed E-state index contributed by atoms with van der Waals surface area (Å²) in [6.07, 6.45) is -1.38. The molecular formula is C33H40N2O12. The van der Waals surface area contributed by atoms with Gasteiger partial charge < -0.3 is 44.9 Å². The number of benzene rings is 3. The second-order valence-corrected chi connectivity index (χ2v) is 10.8. The fourth-order valence-electron chi connectivity index (χ4n) is 4.76. The summed E-state index contributed by atoms with van der Waals surface area (Å²) >= 11 is 0. The van der Waals surface area contributed by atoms with Gasteiger partial charge in [0.05, 0.1) is 58.9 Å². The molecule has 0 bridgehead atoms. The average Bonchev–Trinajstić information content (AvgIpc) is 3.03.